The molecule has 0 spiro atoms. The van der Waals surface area contributed by atoms with Gasteiger partial charge in [-0.1, -0.05) is 32.4 Å². The van der Waals surface area contributed by atoms with Gasteiger partial charge in [-0.15, -0.1) is 0 Å². The van der Waals surface area contributed by atoms with Crippen LogP contribution in [0.5, 0.6) is 0 Å². The molecule has 0 aromatic rings. The fourth-order valence-corrected chi connectivity index (χ4v) is 7.59. The van der Waals surface area contributed by atoms with E-state index in [2.05, 4.69) is 26.8 Å². The van der Waals surface area contributed by atoms with Gasteiger partial charge in [-0.05, 0) is 91.8 Å². The summed E-state index contributed by atoms with van der Waals surface area (Å²) in [7, 11) is 0. The zero-order valence-electron chi connectivity index (χ0n) is 15.8. The molecule has 0 radical (unpaired) electrons. The van der Waals surface area contributed by atoms with Crippen LogP contribution in [0.25, 0.3) is 0 Å². The van der Waals surface area contributed by atoms with E-state index in [4.69, 9.17) is 0 Å². The van der Waals surface area contributed by atoms with Gasteiger partial charge in [0.2, 0.25) is 0 Å². The van der Waals surface area contributed by atoms with Crippen LogP contribution < -0.4 is 0 Å². The van der Waals surface area contributed by atoms with E-state index >= 15 is 0 Å². The van der Waals surface area contributed by atoms with Crippen molar-refractivity contribution in [3.8, 4) is 0 Å². The summed E-state index contributed by atoms with van der Waals surface area (Å²) in [6.07, 6.45) is 12.2. The lowest BCUT2D eigenvalue weighted by Crippen LogP contribution is -2.50. The Hall–Kier alpha value is -0.340. The molecule has 8 atom stereocenters. The van der Waals surface area contributed by atoms with E-state index in [-0.39, 0.29) is 6.10 Å². The summed E-state index contributed by atoms with van der Waals surface area (Å²) in [6, 6.07) is 0. The average molecular weight is 333 g/mol. The zero-order chi connectivity index (χ0) is 17.1. The smallest absolute Gasteiger partial charge is 0.0543 e. The highest BCUT2D eigenvalue weighted by Gasteiger charge is 2.58. The maximum Gasteiger partial charge on any atom is 0.0543 e. The minimum Gasteiger partial charge on any atom is -0.396 e. The van der Waals surface area contributed by atoms with Gasteiger partial charge in [-0.25, -0.2) is 0 Å². The number of hydrogen-bond acceptors (Lipinski definition) is 2. The first-order valence-corrected chi connectivity index (χ1v) is 10.4. The number of rotatable bonds is 2. The molecule has 0 heterocycles. The van der Waals surface area contributed by atoms with Gasteiger partial charge in [0.15, 0.2) is 0 Å². The van der Waals surface area contributed by atoms with Crippen molar-refractivity contribution in [2.45, 2.75) is 78.2 Å². The maximum absolute atomic E-state index is 10.1. The molecule has 0 bridgehead atoms. The van der Waals surface area contributed by atoms with Crippen molar-refractivity contribution in [3.63, 3.8) is 0 Å². The van der Waals surface area contributed by atoms with Crippen LogP contribution in [-0.4, -0.2) is 22.9 Å². The third kappa shape index (κ3) is 2.28. The fraction of sp³-hybridized carbons (Fsp3) is 0.909. The molecule has 3 saturated carbocycles. The van der Waals surface area contributed by atoms with Crippen LogP contribution in [0.2, 0.25) is 0 Å². The summed E-state index contributed by atoms with van der Waals surface area (Å²) >= 11 is 0. The molecule has 4 aliphatic rings. The summed E-state index contributed by atoms with van der Waals surface area (Å²) in [6.45, 7) is 7.65. The summed E-state index contributed by atoms with van der Waals surface area (Å²) < 4.78 is 0. The second-order valence-corrected chi connectivity index (χ2v) is 10.1. The van der Waals surface area contributed by atoms with Crippen molar-refractivity contribution in [3.05, 3.63) is 11.6 Å². The van der Waals surface area contributed by atoms with Crippen molar-refractivity contribution in [2.75, 3.05) is 6.61 Å². The van der Waals surface area contributed by atoms with E-state index in [1.165, 1.54) is 38.5 Å². The third-order valence-electron chi connectivity index (χ3n) is 9.10. The summed E-state index contributed by atoms with van der Waals surface area (Å²) in [5.41, 5.74) is 2.61. The average Bonchev–Trinajstić information content (AvgIpc) is 2.92. The number of aliphatic hydroxyl groups excluding tert-OH is 2. The molecule has 0 aliphatic heterocycles. The number of aliphatic hydroxyl groups is 2. The third-order valence-corrected chi connectivity index (χ3v) is 9.10. The quantitative estimate of drug-likeness (QED) is 0.728. The molecule has 2 N–H and O–H groups in total. The predicted octanol–water partition coefficient (Wildman–Crippen LogP) is 4.55. The van der Waals surface area contributed by atoms with E-state index in [1.807, 2.05) is 0 Å². The topological polar surface area (TPSA) is 40.5 Å². The van der Waals surface area contributed by atoms with Gasteiger partial charge in [0, 0.05) is 6.61 Å². The van der Waals surface area contributed by atoms with Crippen LogP contribution in [0.15, 0.2) is 11.6 Å². The molecule has 4 unspecified atom stereocenters. The Morgan fingerprint density at radius 2 is 1.79 bits per heavy atom. The van der Waals surface area contributed by atoms with Gasteiger partial charge < -0.3 is 10.2 Å². The lowest BCUT2D eigenvalue weighted by molar-refractivity contribution is -0.0439. The van der Waals surface area contributed by atoms with Crippen LogP contribution in [0.4, 0.5) is 0 Å². The predicted molar refractivity (Wildman–Crippen MR) is 97.4 cm³/mol. The molecule has 136 valence electrons. The Morgan fingerprint density at radius 3 is 2.54 bits per heavy atom. The van der Waals surface area contributed by atoms with Crippen molar-refractivity contribution in [2.24, 2.45) is 40.4 Å². The minimum absolute atomic E-state index is 0.0619. The molecular formula is C22H36O2. The van der Waals surface area contributed by atoms with E-state index in [0.29, 0.717) is 35.2 Å². The lowest BCUT2D eigenvalue weighted by atomic mass is 9.47. The van der Waals surface area contributed by atoms with Crippen LogP contribution in [-0.2, 0) is 0 Å². The molecule has 24 heavy (non-hydrogen) atoms. The molecule has 0 aromatic carbocycles. The summed E-state index contributed by atoms with van der Waals surface area (Å²) in [5, 5.41) is 19.8. The van der Waals surface area contributed by atoms with E-state index < -0.39 is 0 Å². The van der Waals surface area contributed by atoms with E-state index in [1.54, 1.807) is 5.57 Å². The lowest BCUT2D eigenvalue weighted by Gasteiger charge is -2.57. The molecule has 4 rings (SSSR count). The van der Waals surface area contributed by atoms with Gasteiger partial charge in [-0.3, -0.25) is 0 Å². The van der Waals surface area contributed by atoms with Crippen molar-refractivity contribution in [1.29, 1.82) is 0 Å². The monoisotopic (exact) mass is 332 g/mol. The number of fused-ring (bicyclic) bond motifs is 5. The Balaban J connectivity index is 1.64. The Morgan fingerprint density at radius 1 is 1.08 bits per heavy atom. The zero-order valence-corrected chi connectivity index (χ0v) is 15.8. The maximum atomic E-state index is 10.1. The summed E-state index contributed by atoms with van der Waals surface area (Å²) in [5.74, 6) is 3.32. The molecule has 0 saturated heterocycles. The van der Waals surface area contributed by atoms with Crippen LogP contribution in [0.1, 0.15) is 72.1 Å². The van der Waals surface area contributed by atoms with Gasteiger partial charge in [-0.2, -0.15) is 0 Å². The molecule has 2 nitrogen and oxygen atoms in total. The van der Waals surface area contributed by atoms with Crippen molar-refractivity contribution >= 4 is 0 Å². The highest BCUT2D eigenvalue weighted by molar-refractivity contribution is 5.27. The highest BCUT2D eigenvalue weighted by atomic mass is 16.3. The normalized spacial score (nSPS) is 52.0. The molecular weight excluding hydrogens is 296 g/mol. The van der Waals surface area contributed by atoms with Gasteiger partial charge in [0.05, 0.1) is 6.10 Å². The Kier molecular flexibility index (Phi) is 4.16. The largest absolute Gasteiger partial charge is 0.396 e. The van der Waals surface area contributed by atoms with Gasteiger partial charge in [0.1, 0.15) is 0 Å². The van der Waals surface area contributed by atoms with Gasteiger partial charge >= 0.3 is 0 Å². The van der Waals surface area contributed by atoms with Crippen LogP contribution >= 0.6 is 0 Å². The fourth-order valence-electron chi connectivity index (χ4n) is 7.59. The molecule has 4 aliphatic carbocycles. The first kappa shape index (κ1) is 17.1. The second kappa shape index (κ2) is 5.84. The van der Waals surface area contributed by atoms with Crippen LogP contribution in [0, 0.1) is 40.4 Å². The highest BCUT2D eigenvalue weighted by Crippen LogP contribution is 2.66. The van der Waals surface area contributed by atoms with Gasteiger partial charge in [0.25, 0.3) is 0 Å². The van der Waals surface area contributed by atoms with Crippen molar-refractivity contribution < 1.29 is 10.2 Å². The molecule has 3 fully saturated rings. The molecule has 0 amide bonds. The number of allylic oxidation sites excluding steroid dienone is 2. The Bertz CT molecular complexity index is 526. The second-order valence-electron chi connectivity index (χ2n) is 10.1. The van der Waals surface area contributed by atoms with Crippen molar-refractivity contribution in [1.82, 2.24) is 0 Å². The first-order chi connectivity index (χ1) is 11.4. The van der Waals surface area contributed by atoms with E-state index in [9.17, 15) is 10.2 Å². The minimum atomic E-state index is -0.0619. The molecule has 0 aromatic heterocycles. The standard InChI is InChI=1S/C22H36O2/c1-14(13-23)18-6-7-19-17-5-4-15-12-16(24)8-10-21(15,2)20(17)9-11-22(18,19)3/h5,14-16,18-20,23-24H,4,6-13H2,1-3H3/t14-,15?,16-,18?,19?,20?,21+,22-/m1/s1. The summed E-state index contributed by atoms with van der Waals surface area (Å²) in [4.78, 5) is 0. The van der Waals surface area contributed by atoms with Crippen LogP contribution in [0.3, 0.4) is 0 Å². The first-order valence-electron chi connectivity index (χ1n) is 10.4. The SMILES string of the molecule is C[C@H](CO)C1CCC2C3=CCC4C[C@H](O)CC[C@]4(C)C3CC[C@@]21C. The Labute approximate surface area is 147 Å². The number of hydrogen-bond donors (Lipinski definition) is 2. The van der Waals surface area contributed by atoms with E-state index in [0.717, 1.165) is 24.7 Å². The molecule has 2 heteroatoms.